The summed E-state index contributed by atoms with van der Waals surface area (Å²) in [6, 6.07) is 14.8. The molecule has 0 unspecified atom stereocenters. The minimum absolute atomic E-state index is 0.220. The Kier molecular flexibility index (Phi) is 3.47. The lowest BCUT2D eigenvalue weighted by Crippen LogP contribution is -2.13. The number of hydrogen-bond donors (Lipinski definition) is 1. The number of pyridine rings is 1. The third-order valence-corrected chi connectivity index (χ3v) is 2.96. The smallest absolute Gasteiger partial charge is 0.279 e. The summed E-state index contributed by atoms with van der Waals surface area (Å²) in [5.74, 6) is 0.696. The molecule has 3 rings (SSSR count). The summed E-state index contributed by atoms with van der Waals surface area (Å²) in [4.78, 5) is 16.2. The van der Waals surface area contributed by atoms with Gasteiger partial charge in [0.25, 0.3) is 5.91 Å². The van der Waals surface area contributed by atoms with E-state index in [9.17, 15) is 4.79 Å². The van der Waals surface area contributed by atoms with Crippen LogP contribution in [0.2, 0.25) is 0 Å². The van der Waals surface area contributed by atoms with Crippen molar-refractivity contribution < 1.29 is 9.32 Å². The highest BCUT2D eigenvalue weighted by Crippen LogP contribution is 2.20. The van der Waals surface area contributed by atoms with Crippen molar-refractivity contribution in [1.29, 1.82) is 0 Å². The summed E-state index contributed by atoms with van der Waals surface area (Å²) in [5, 5.41) is 6.49. The minimum Gasteiger partial charge on any atom is -0.355 e. The molecule has 2 heterocycles. The SMILES string of the molecule is Cc1ccnc(NC(=O)c2cc(-c3ccccc3)on2)c1. The molecule has 3 aromatic rings. The van der Waals surface area contributed by atoms with Crippen molar-refractivity contribution in [1.82, 2.24) is 10.1 Å². The van der Waals surface area contributed by atoms with Crippen molar-refractivity contribution in [3.8, 4) is 11.3 Å². The number of aryl methyl sites for hydroxylation is 1. The molecule has 0 spiro atoms. The highest BCUT2D eigenvalue weighted by Gasteiger charge is 2.14. The molecule has 0 aliphatic heterocycles. The van der Waals surface area contributed by atoms with Crippen molar-refractivity contribution in [2.45, 2.75) is 6.92 Å². The Labute approximate surface area is 121 Å². The van der Waals surface area contributed by atoms with Crippen LogP contribution in [-0.4, -0.2) is 16.0 Å². The molecular weight excluding hydrogens is 266 g/mol. The van der Waals surface area contributed by atoms with E-state index in [4.69, 9.17) is 4.52 Å². The Morgan fingerprint density at radius 2 is 1.95 bits per heavy atom. The van der Waals surface area contributed by atoms with Crippen LogP contribution in [0, 0.1) is 6.92 Å². The zero-order valence-corrected chi connectivity index (χ0v) is 11.4. The number of rotatable bonds is 3. The van der Waals surface area contributed by atoms with Gasteiger partial charge in [0.1, 0.15) is 5.82 Å². The summed E-state index contributed by atoms with van der Waals surface area (Å²) in [6.45, 7) is 1.93. The molecule has 0 atom stereocenters. The van der Waals surface area contributed by atoms with Crippen LogP contribution in [-0.2, 0) is 0 Å². The van der Waals surface area contributed by atoms with Gasteiger partial charge in [-0.15, -0.1) is 0 Å². The largest absolute Gasteiger partial charge is 0.355 e. The van der Waals surface area contributed by atoms with E-state index in [0.717, 1.165) is 11.1 Å². The van der Waals surface area contributed by atoms with Gasteiger partial charge in [-0.2, -0.15) is 0 Å². The van der Waals surface area contributed by atoms with E-state index < -0.39 is 0 Å². The van der Waals surface area contributed by atoms with Crippen molar-refractivity contribution >= 4 is 11.7 Å². The fourth-order valence-corrected chi connectivity index (χ4v) is 1.91. The zero-order chi connectivity index (χ0) is 14.7. The van der Waals surface area contributed by atoms with Crippen molar-refractivity contribution in [3.63, 3.8) is 0 Å². The lowest BCUT2D eigenvalue weighted by Gasteiger charge is -2.01. The Bertz CT molecular complexity index is 766. The highest BCUT2D eigenvalue weighted by atomic mass is 16.5. The maximum atomic E-state index is 12.1. The fourth-order valence-electron chi connectivity index (χ4n) is 1.91. The summed E-state index contributed by atoms with van der Waals surface area (Å²) in [7, 11) is 0. The average molecular weight is 279 g/mol. The number of nitrogens with zero attached hydrogens (tertiary/aromatic N) is 2. The standard InChI is InChI=1S/C16H13N3O2/c1-11-7-8-17-15(9-11)18-16(20)13-10-14(21-19-13)12-5-3-2-4-6-12/h2-10H,1H3,(H,17,18,20). The highest BCUT2D eigenvalue weighted by molar-refractivity contribution is 6.02. The zero-order valence-electron chi connectivity index (χ0n) is 11.4. The van der Waals surface area contributed by atoms with Crippen LogP contribution in [0.25, 0.3) is 11.3 Å². The Hall–Kier alpha value is -2.95. The normalized spacial score (nSPS) is 10.3. The molecule has 1 N–H and O–H groups in total. The molecular formula is C16H13N3O2. The third-order valence-electron chi connectivity index (χ3n) is 2.96. The second kappa shape index (κ2) is 5.58. The molecule has 0 bridgehead atoms. The molecule has 104 valence electrons. The molecule has 0 aliphatic rings. The molecule has 2 aromatic heterocycles. The number of carbonyl (C=O) groups is 1. The van der Waals surface area contributed by atoms with Crippen molar-refractivity contribution in [2.75, 3.05) is 5.32 Å². The molecule has 1 aromatic carbocycles. The van der Waals surface area contributed by atoms with E-state index >= 15 is 0 Å². The average Bonchev–Trinajstić information content (AvgIpc) is 2.98. The molecule has 0 radical (unpaired) electrons. The van der Waals surface area contributed by atoms with E-state index in [2.05, 4.69) is 15.5 Å². The predicted molar refractivity (Wildman–Crippen MR) is 78.9 cm³/mol. The minimum atomic E-state index is -0.348. The Morgan fingerprint density at radius 3 is 2.71 bits per heavy atom. The van der Waals surface area contributed by atoms with Crippen LogP contribution in [0.1, 0.15) is 16.1 Å². The lowest BCUT2D eigenvalue weighted by molar-refractivity contribution is 0.101. The summed E-state index contributed by atoms with van der Waals surface area (Å²) < 4.78 is 5.20. The van der Waals surface area contributed by atoms with Crippen LogP contribution in [0.15, 0.2) is 59.3 Å². The van der Waals surface area contributed by atoms with E-state index in [1.165, 1.54) is 0 Å². The maximum Gasteiger partial charge on any atom is 0.279 e. The molecule has 5 heteroatoms. The van der Waals surface area contributed by atoms with Gasteiger partial charge >= 0.3 is 0 Å². The molecule has 5 nitrogen and oxygen atoms in total. The van der Waals surface area contributed by atoms with Crippen LogP contribution in [0.5, 0.6) is 0 Å². The maximum absolute atomic E-state index is 12.1. The number of carbonyl (C=O) groups excluding carboxylic acids is 1. The van der Waals surface area contributed by atoms with Gasteiger partial charge in [0.2, 0.25) is 0 Å². The molecule has 21 heavy (non-hydrogen) atoms. The molecule has 0 saturated carbocycles. The second-order valence-corrected chi connectivity index (χ2v) is 4.61. The van der Waals surface area contributed by atoms with Crippen molar-refractivity contribution in [3.05, 3.63) is 66.0 Å². The number of nitrogens with one attached hydrogen (secondary N) is 1. The van der Waals surface area contributed by atoms with Crippen LogP contribution >= 0.6 is 0 Å². The number of benzene rings is 1. The third kappa shape index (κ3) is 2.97. The van der Waals surface area contributed by atoms with Gasteiger partial charge in [-0.1, -0.05) is 35.5 Å². The van der Waals surface area contributed by atoms with Gasteiger partial charge in [0, 0.05) is 17.8 Å². The number of hydrogen-bond acceptors (Lipinski definition) is 4. The molecule has 0 saturated heterocycles. The molecule has 0 fully saturated rings. The van der Waals surface area contributed by atoms with Crippen LogP contribution in [0.4, 0.5) is 5.82 Å². The quantitative estimate of drug-likeness (QED) is 0.798. The summed E-state index contributed by atoms with van der Waals surface area (Å²) in [6.07, 6.45) is 1.64. The number of aromatic nitrogens is 2. The van der Waals surface area contributed by atoms with E-state index in [1.54, 1.807) is 18.3 Å². The predicted octanol–water partition coefficient (Wildman–Crippen LogP) is 3.30. The monoisotopic (exact) mass is 279 g/mol. The van der Waals surface area contributed by atoms with Gasteiger partial charge in [-0.3, -0.25) is 4.79 Å². The first kappa shape index (κ1) is 13.1. The van der Waals surface area contributed by atoms with Crippen LogP contribution < -0.4 is 5.32 Å². The van der Waals surface area contributed by atoms with E-state index in [1.807, 2.05) is 43.3 Å². The number of anilines is 1. The van der Waals surface area contributed by atoms with E-state index in [0.29, 0.717) is 11.6 Å². The first-order valence-corrected chi connectivity index (χ1v) is 6.48. The fraction of sp³-hybridized carbons (Fsp3) is 0.0625. The van der Waals surface area contributed by atoms with Gasteiger partial charge in [-0.25, -0.2) is 4.98 Å². The van der Waals surface area contributed by atoms with E-state index in [-0.39, 0.29) is 11.6 Å². The van der Waals surface area contributed by atoms with Gasteiger partial charge < -0.3 is 9.84 Å². The topological polar surface area (TPSA) is 68.0 Å². The molecule has 1 amide bonds. The molecule has 0 aliphatic carbocycles. The van der Waals surface area contributed by atoms with Gasteiger partial charge in [0.15, 0.2) is 11.5 Å². The first-order chi connectivity index (χ1) is 10.2. The summed E-state index contributed by atoms with van der Waals surface area (Å²) >= 11 is 0. The van der Waals surface area contributed by atoms with Gasteiger partial charge in [-0.05, 0) is 24.6 Å². The first-order valence-electron chi connectivity index (χ1n) is 6.48. The van der Waals surface area contributed by atoms with Crippen LogP contribution in [0.3, 0.4) is 0 Å². The number of amides is 1. The summed E-state index contributed by atoms with van der Waals surface area (Å²) in [5.41, 5.74) is 2.11. The Balaban J connectivity index is 1.78. The van der Waals surface area contributed by atoms with Gasteiger partial charge in [0.05, 0.1) is 0 Å². The van der Waals surface area contributed by atoms with Crippen molar-refractivity contribution in [2.24, 2.45) is 0 Å². The second-order valence-electron chi connectivity index (χ2n) is 4.61. The Morgan fingerprint density at radius 1 is 1.14 bits per heavy atom. The lowest BCUT2D eigenvalue weighted by atomic mass is 10.1.